The van der Waals surface area contributed by atoms with E-state index >= 15 is 0 Å². The van der Waals surface area contributed by atoms with Crippen molar-refractivity contribution in [2.75, 3.05) is 5.32 Å². The molecule has 0 amide bonds. The molecular formula is C12H12ClF2N3O3S2. The SMILES string of the molecule is CC(C)S(=O)(=O)c1sccc1Nc1nc(Cl)ncc1OC(F)F. The molecule has 11 heteroatoms. The highest BCUT2D eigenvalue weighted by Crippen LogP contribution is 2.35. The van der Waals surface area contributed by atoms with Crippen molar-refractivity contribution in [3.05, 3.63) is 22.9 Å². The number of sulfone groups is 1. The molecule has 0 aliphatic carbocycles. The Kier molecular flexibility index (Phi) is 5.37. The molecule has 2 rings (SSSR count). The van der Waals surface area contributed by atoms with Crippen molar-refractivity contribution in [3.63, 3.8) is 0 Å². The second kappa shape index (κ2) is 6.93. The van der Waals surface area contributed by atoms with Crippen LogP contribution in [0.25, 0.3) is 0 Å². The monoisotopic (exact) mass is 383 g/mol. The van der Waals surface area contributed by atoms with Crippen LogP contribution in [-0.4, -0.2) is 30.2 Å². The summed E-state index contributed by atoms with van der Waals surface area (Å²) in [5.41, 5.74) is 0.206. The number of hydrogen-bond acceptors (Lipinski definition) is 7. The summed E-state index contributed by atoms with van der Waals surface area (Å²) in [5.74, 6) is -0.493. The third-order valence-electron chi connectivity index (χ3n) is 2.70. The van der Waals surface area contributed by atoms with E-state index in [2.05, 4.69) is 20.0 Å². The maximum atomic E-state index is 12.4. The van der Waals surface area contributed by atoms with Crippen molar-refractivity contribution in [1.82, 2.24) is 9.97 Å². The minimum Gasteiger partial charge on any atom is -0.429 e. The zero-order valence-electron chi connectivity index (χ0n) is 12.0. The Labute approximate surface area is 140 Å². The van der Waals surface area contributed by atoms with Gasteiger partial charge in [-0.2, -0.15) is 13.8 Å². The fourth-order valence-electron chi connectivity index (χ4n) is 1.57. The largest absolute Gasteiger partial charge is 0.429 e. The highest BCUT2D eigenvalue weighted by atomic mass is 35.5. The molecule has 2 heterocycles. The van der Waals surface area contributed by atoms with E-state index in [4.69, 9.17) is 11.6 Å². The normalized spacial score (nSPS) is 12.0. The maximum Gasteiger partial charge on any atom is 0.387 e. The first-order valence-corrected chi connectivity index (χ1v) is 9.08. The molecule has 6 nitrogen and oxygen atoms in total. The van der Waals surface area contributed by atoms with Gasteiger partial charge in [0.05, 0.1) is 17.1 Å². The van der Waals surface area contributed by atoms with E-state index < -0.39 is 21.7 Å². The first-order chi connectivity index (χ1) is 10.7. The van der Waals surface area contributed by atoms with Crippen molar-refractivity contribution < 1.29 is 21.9 Å². The summed E-state index contributed by atoms with van der Waals surface area (Å²) in [4.78, 5) is 7.33. The molecule has 0 saturated carbocycles. The van der Waals surface area contributed by atoms with Crippen LogP contribution in [0.15, 0.2) is 21.9 Å². The lowest BCUT2D eigenvalue weighted by molar-refractivity contribution is -0.0497. The number of ether oxygens (including phenoxy) is 1. The van der Waals surface area contributed by atoms with E-state index in [-0.39, 0.29) is 26.7 Å². The molecule has 0 bridgehead atoms. The lowest BCUT2D eigenvalue weighted by atomic mass is 10.4. The second-order valence-corrected chi connectivity index (χ2v) is 8.52. The van der Waals surface area contributed by atoms with Crippen LogP contribution in [-0.2, 0) is 9.84 Å². The van der Waals surface area contributed by atoms with Crippen LogP contribution in [0.2, 0.25) is 5.28 Å². The van der Waals surface area contributed by atoms with Crippen LogP contribution in [0, 0.1) is 0 Å². The van der Waals surface area contributed by atoms with Crippen LogP contribution in [0.4, 0.5) is 20.3 Å². The number of nitrogens with zero attached hydrogens (tertiary/aromatic N) is 2. The highest BCUT2D eigenvalue weighted by molar-refractivity contribution is 7.94. The van der Waals surface area contributed by atoms with Crippen LogP contribution >= 0.6 is 22.9 Å². The smallest absolute Gasteiger partial charge is 0.387 e. The predicted molar refractivity (Wildman–Crippen MR) is 83.6 cm³/mol. The fraction of sp³-hybridized carbons (Fsp3) is 0.333. The van der Waals surface area contributed by atoms with Gasteiger partial charge in [0.25, 0.3) is 0 Å². The average molecular weight is 384 g/mol. The molecule has 0 fully saturated rings. The van der Waals surface area contributed by atoms with Gasteiger partial charge in [-0.15, -0.1) is 11.3 Å². The summed E-state index contributed by atoms with van der Waals surface area (Å²) < 4.78 is 53.8. The quantitative estimate of drug-likeness (QED) is 0.765. The predicted octanol–water partition coefficient (Wildman–Crippen LogP) is 3.72. The molecule has 2 aromatic heterocycles. The molecule has 2 aromatic rings. The Morgan fingerprint density at radius 1 is 1.39 bits per heavy atom. The number of anilines is 2. The molecule has 0 unspecified atom stereocenters. The molecule has 126 valence electrons. The average Bonchev–Trinajstić information content (AvgIpc) is 2.90. The number of thiophene rings is 1. The van der Waals surface area contributed by atoms with E-state index in [1.807, 2.05) is 0 Å². The lowest BCUT2D eigenvalue weighted by Crippen LogP contribution is -2.14. The topological polar surface area (TPSA) is 81.2 Å². The van der Waals surface area contributed by atoms with Gasteiger partial charge in [-0.05, 0) is 36.9 Å². The van der Waals surface area contributed by atoms with Gasteiger partial charge >= 0.3 is 6.61 Å². The molecule has 0 aromatic carbocycles. The molecule has 0 spiro atoms. The Morgan fingerprint density at radius 2 is 2.09 bits per heavy atom. The summed E-state index contributed by atoms with van der Waals surface area (Å²) in [5, 5.41) is 3.40. The second-order valence-electron chi connectivity index (χ2n) is 4.57. The molecule has 0 aliphatic heterocycles. The number of halogens is 3. The number of nitrogens with one attached hydrogen (secondary N) is 1. The summed E-state index contributed by atoms with van der Waals surface area (Å²) in [7, 11) is -3.54. The number of alkyl halides is 2. The zero-order chi connectivity index (χ0) is 17.2. The fourth-order valence-corrected chi connectivity index (χ4v) is 4.41. The Morgan fingerprint density at radius 3 is 2.70 bits per heavy atom. The summed E-state index contributed by atoms with van der Waals surface area (Å²) in [6.45, 7) is 0.0129. The van der Waals surface area contributed by atoms with E-state index in [9.17, 15) is 17.2 Å². The van der Waals surface area contributed by atoms with Gasteiger partial charge in [-0.1, -0.05) is 0 Å². The van der Waals surface area contributed by atoms with Gasteiger partial charge < -0.3 is 10.1 Å². The summed E-state index contributed by atoms with van der Waals surface area (Å²) in [6.07, 6.45) is 0.979. The van der Waals surface area contributed by atoms with Crippen molar-refractivity contribution in [2.45, 2.75) is 29.9 Å². The minimum atomic E-state index is -3.54. The third-order valence-corrected chi connectivity index (χ3v) is 6.56. The molecule has 0 radical (unpaired) electrons. The van der Waals surface area contributed by atoms with E-state index in [0.717, 1.165) is 17.5 Å². The lowest BCUT2D eigenvalue weighted by Gasteiger charge is -2.13. The van der Waals surface area contributed by atoms with Crippen molar-refractivity contribution in [2.24, 2.45) is 0 Å². The van der Waals surface area contributed by atoms with Gasteiger partial charge in [0.15, 0.2) is 21.4 Å². The zero-order valence-corrected chi connectivity index (χ0v) is 14.3. The van der Waals surface area contributed by atoms with Crippen molar-refractivity contribution in [3.8, 4) is 5.75 Å². The van der Waals surface area contributed by atoms with Gasteiger partial charge in [0.1, 0.15) is 4.21 Å². The van der Waals surface area contributed by atoms with Gasteiger partial charge in [0, 0.05) is 0 Å². The molecule has 0 aliphatic rings. The van der Waals surface area contributed by atoms with Crippen LogP contribution in [0.1, 0.15) is 13.8 Å². The molecule has 1 N–H and O–H groups in total. The molecular weight excluding hydrogens is 372 g/mol. The Bertz CT molecular complexity index is 797. The number of hydrogen-bond donors (Lipinski definition) is 1. The standard InChI is InChI=1S/C12H12ClF2N3O3S2/c1-6(2)23(19,20)10-7(3-4-22-10)17-9-8(21-12(14)15)5-16-11(13)18-9/h3-6,12H,1-2H3,(H,16,17,18). The van der Waals surface area contributed by atoms with Gasteiger partial charge in [0.2, 0.25) is 5.28 Å². The van der Waals surface area contributed by atoms with Crippen LogP contribution in [0.3, 0.4) is 0 Å². The Hall–Kier alpha value is -1.52. The Balaban J connectivity index is 2.42. The summed E-state index contributed by atoms with van der Waals surface area (Å²) >= 11 is 6.66. The maximum absolute atomic E-state index is 12.4. The number of rotatable bonds is 6. The van der Waals surface area contributed by atoms with E-state index in [0.29, 0.717) is 0 Å². The summed E-state index contributed by atoms with van der Waals surface area (Å²) in [6, 6.07) is 1.50. The van der Waals surface area contributed by atoms with Crippen molar-refractivity contribution >= 4 is 44.3 Å². The minimum absolute atomic E-state index is 0.0743. The highest BCUT2D eigenvalue weighted by Gasteiger charge is 2.25. The molecule has 23 heavy (non-hydrogen) atoms. The van der Waals surface area contributed by atoms with Crippen LogP contribution in [0.5, 0.6) is 5.75 Å². The van der Waals surface area contributed by atoms with E-state index in [1.165, 1.54) is 6.07 Å². The third kappa shape index (κ3) is 4.06. The number of aromatic nitrogens is 2. The first-order valence-electron chi connectivity index (χ1n) is 6.27. The van der Waals surface area contributed by atoms with Crippen LogP contribution < -0.4 is 10.1 Å². The molecule has 0 atom stereocenters. The van der Waals surface area contributed by atoms with Gasteiger partial charge in [-0.3, -0.25) is 0 Å². The molecule has 0 saturated heterocycles. The first kappa shape index (κ1) is 17.8. The van der Waals surface area contributed by atoms with E-state index in [1.54, 1.807) is 19.2 Å². The van der Waals surface area contributed by atoms with Crippen molar-refractivity contribution in [1.29, 1.82) is 0 Å². The van der Waals surface area contributed by atoms with Gasteiger partial charge in [-0.25, -0.2) is 13.4 Å².